The van der Waals surface area contributed by atoms with Crippen molar-refractivity contribution in [2.75, 3.05) is 14.2 Å². The van der Waals surface area contributed by atoms with Crippen molar-refractivity contribution >= 4 is 23.1 Å². The zero-order valence-electron chi connectivity index (χ0n) is 18.4. The van der Waals surface area contributed by atoms with Crippen LogP contribution in [0.25, 0.3) is 17.2 Å². The molecule has 0 fully saturated rings. The van der Waals surface area contributed by atoms with Crippen molar-refractivity contribution in [3.63, 3.8) is 0 Å². The first-order chi connectivity index (χ1) is 15.9. The zero-order chi connectivity index (χ0) is 23.5. The lowest BCUT2D eigenvalue weighted by molar-refractivity contribution is -0.120. The molecule has 0 saturated carbocycles. The van der Waals surface area contributed by atoms with Gasteiger partial charge in [0.05, 0.1) is 33.4 Å². The molecule has 7 nitrogen and oxygen atoms in total. The molecular formula is C25H23FN2O5. The first-order valence-electron chi connectivity index (χ1n) is 10.2. The van der Waals surface area contributed by atoms with E-state index in [2.05, 4.69) is 10.5 Å². The number of ether oxygens (including phenoxy) is 2. The molecule has 0 bridgehead atoms. The van der Waals surface area contributed by atoms with Crippen molar-refractivity contribution in [1.82, 2.24) is 10.5 Å². The SMILES string of the molecule is COc1cc(C=C2C(C)=C(CC(=O)NCc3ccno3)c3cc(F)ccc32)cc(OC)c1O. The van der Waals surface area contributed by atoms with Crippen molar-refractivity contribution in [2.45, 2.75) is 19.9 Å². The van der Waals surface area contributed by atoms with Gasteiger partial charge in [0.2, 0.25) is 11.7 Å². The number of halogens is 1. The Balaban J connectivity index is 1.70. The number of aromatic nitrogens is 1. The Kier molecular flexibility index (Phi) is 6.17. The predicted octanol–water partition coefficient (Wildman–Crippen LogP) is 4.57. The summed E-state index contributed by atoms with van der Waals surface area (Å²) in [5.74, 6) is 0.398. The number of allylic oxidation sites excluding steroid dienone is 2. The molecule has 3 aromatic rings. The Labute approximate surface area is 190 Å². The quantitative estimate of drug-likeness (QED) is 0.548. The highest BCUT2D eigenvalue weighted by Crippen LogP contribution is 2.45. The Morgan fingerprint density at radius 3 is 2.52 bits per heavy atom. The lowest BCUT2D eigenvalue weighted by Gasteiger charge is -2.11. The molecule has 0 unspecified atom stereocenters. The van der Waals surface area contributed by atoms with Gasteiger partial charge in [-0.15, -0.1) is 0 Å². The second-order valence-electron chi connectivity index (χ2n) is 7.56. The summed E-state index contributed by atoms with van der Waals surface area (Å²) in [7, 11) is 2.92. The van der Waals surface area contributed by atoms with Crippen LogP contribution in [0.3, 0.4) is 0 Å². The molecule has 0 spiro atoms. The molecule has 1 heterocycles. The number of fused-ring (bicyclic) bond motifs is 1. The van der Waals surface area contributed by atoms with E-state index >= 15 is 0 Å². The van der Waals surface area contributed by atoms with Gasteiger partial charge in [-0.2, -0.15) is 0 Å². The molecule has 1 aliphatic rings. The fraction of sp³-hybridized carbons (Fsp3) is 0.200. The number of hydrogen-bond donors (Lipinski definition) is 2. The van der Waals surface area contributed by atoms with E-state index in [0.29, 0.717) is 11.3 Å². The Bertz CT molecular complexity index is 1240. The topological polar surface area (TPSA) is 93.8 Å². The summed E-state index contributed by atoms with van der Waals surface area (Å²) in [5.41, 5.74) is 4.66. The average molecular weight is 450 g/mol. The first kappa shape index (κ1) is 22.1. The molecular weight excluding hydrogens is 427 g/mol. The van der Waals surface area contributed by atoms with Gasteiger partial charge in [-0.3, -0.25) is 4.79 Å². The highest BCUT2D eigenvalue weighted by atomic mass is 19.1. The van der Waals surface area contributed by atoms with Crippen molar-refractivity contribution in [1.29, 1.82) is 0 Å². The fourth-order valence-electron chi connectivity index (χ4n) is 3.89. The number of benzene rings is 2. The zero-order valence-corrected chi connectivity index (χ0v) is 18.4. The number of carbonyl (C=O) groups is 1. The smallest absolute Gasteiger partial charge is 0.224 e. The fourth-order valence-corrected chi connectivity index (χ4v) is 3.89. The minimum atomic E-state index is -0.379. The Morgan fingerprint density at radius 2 is 1.88 bits per heavy atom. The van der Waals surface area contributed by atoms with E-state index in [0.717, 1.165) is 27.8 Å². The van der Waals surface area contributed by atoms with Gasteiger partial charge in [0, 0.05) is 6.07 Å². The predicted molar refractivity (Wildman–Crippen MR) is 121 cm³/mol. The number of amides is 1. The summed E-state index contributed by atoms with van der Waals surface area (Å²) in [5, 5.41) is 16.6. The van der Waals surface area contributed by atoms with Crippen LogP contribution in [0.1, 0.15) is 35.8 Å². The third-order valence-corrected chi connectivity index (χ3v) is 5.56. The van der Waals surface area contributed by atoms with E-state index in [-0.39, 0.29) is 41.9 Å². The minimum Gasteiger partial charge on any atom is -0.502 e. The molecule has 2 N–H and O–H groups in total. The minimum absolute atomic E-state index is 0.0793. The maximum Gasteiger partial charge on any atom is 0.224 e. The second-order valence-corrected chi connectivity index (χ2v) is 7.56. The molecule has 1 aliphatic carbocycles. The van der Waals surface area contributed by atoms with Crippen molar-refractivity contribution in [2.24, 2.45) is 0 Å². The number of nitrogens with zero attached hydrogens (tertiary/aromatic N) is 1. The molecule has 0 saturated heterocycles. The van der Waals surface area contributed by atoms with E-state index in [1.807, 2.05) is 13.0 Å². The number of hydrogen-bond acceptors (Lipinski definition) is 6. The molecule has 170 valence electrons. The van der Waals surface area contributed by atoms with Crippen molar-refractivity contribution in [3.05, 3.63) is 76.4 Å². The summed E-state index contributed by atoms with van der Waals surface area (Å²) in [4.78, 5) is 12.6. The normalized spacial score (nSPS) is 13.9. The lowest BCUT2D eigenvalue weighted by Crippen LogP contribution is -2.22. The third kappa shape index (κ3) is 4.45. The number of nitrogens with one attached hydrogen (secondary N) is 1. The van der Waals surface area contributed by atoms with Crippen LogP contribution in [-0.4, -0.2) is 30.4 Å². The Hall–Kier alpha value is -4.07. The molecule has 0 aliphatic heterocycles. The van der Waals surface area contributed by atoms with Crippen molar-refractivity contribution < 1.29 is 28.3 Å². The second kappa shape index (κ2) is 9.20. The standard InChI is InChI=1S/C25H23FN2O5/c1-14-19(8-15-9-22(31-2)25(30)23(10-15)32-3)18-5-4-16(26)11-21(18)20(14)12-24(29)27-13-17-6-7-28-33-17/h4-11,30H,12-13H2,1-3H3,(H,27,29). The molecule has 8 heteroatoms. The monoisotopic (exact) mass is 450 g/mol. The third-order valence-electron chi connectivity index (χ3n) is 5.56. The van der Waals surface area contributed by atoms with E-state index in [1.54, 1.807) is 24.3 Å². The van der Waals surface area contributed by atoms with E-state index < -0.39 is 0 Å². The average Bonchev–Trinajstić information content (AvgIpc) is 3.41. The highest BCUT2D eigenvalue weighted by Gasteiger charge is 2.26. The van der Waals surface area contributed by atoms with Crippen LogP contribution < -0.4 is 14.8 Å². The molecule has 0 atom stereocenters. The van der Waals surface area contributed by atoms with Gasteiger partial charge in [0.25, 0.3) is 0 Å². The van der Waals surface area contributed by atoms with Crippen LogP contribution in [0.2, 0.25) is 0 Å². The van der Waals surface area contributed by atoms with Gasteiger partial charge in [0.15, 0.2) is 17.3 Å². The number of carbonyl (C=O) groups excluding carboxylic acids is 1. The summed E-state index contributed by atoms with van der Waals surface area (Å²) >= 11 is 0. The van der Waals surface area contributed by atoms with E-state index in [1.165, 1.54) is 32.5 Å². The van der Waals surface area contributed by atoms with Gasteiger partial charge in [-0.05, 0) is 70.7 Å². The molecule has 1 aromatic heterocycles. The molecule has 0 radical (unpaired) electrons. The van der Waals surface area contributed by atoms with Gasteiger partial charge in [-0.1, -0.05) is 11.2 Å². The molecule has 33 heavy (non-hydrogen) atoms. The molecule has 1 amide bonds. The summed E-state index contributed by atoms with van der Waals surface area (Å²) in [6.07, 6.45) is 3.49. The number of phenols is 1. The Morgan fingerprint density at radius 1 is 1.15 bits per heavy atom. The molecule has 4 rings (SSSR count). The largest absolute Gasteiger partial charge is 0.502 e. The summed E-state index contributed by atoms with van der Waals surface area (Å²) in [6, 6.07) is 9.58. The van der Waals surface area contributed by atoms with Crippen molar-refractivity contribution in [3.8, 4) is 17.2 Å². The van der Waals surface area contributed by atoms with Gasteiger partial charge < -0.3 is 24.4 Å². The lowest BCUT2D eigenvalue weighted by atomic mass is 10.00. The van der Waals surface area contributed by atoms with Gasteiger partial charge in [-0.25, -0.2) is 4.39 Å². The van der Waals surface area contributed by atoms with Crippen LogP contribution in [0.4, 0.5) is 4.39 Å². The number of phenolic OH excluding ortho intramolecular Hbond substituents is 1. The maximum atomic E-state index is 14.1. The summed E-state index contributed by atoms with van der Waals surface area (Å²) < 4.78 is 29.6. The van der Waals surface area contributed by atoms with Crippen LogP contribution in [-0.2, 0) is 11.3 Å². The van der Waals surface area contributed by atoms with Gasteiger partial charge >= 0.3 is 0 Å². The van der Waals surface area contributed by atoms with Crippen LogP contribution in [0, 0.1) is 5.82 Å². The van der Waals surface area contributed by atoms with Crippen LogP contribution >= 0.6 is 0 Å². The van der Waals surface area contributed by atoms with E-state index in [9.17, 15) is 14.3 Å². The van der Waals surface area contributed by atoms with Gasteiger partial charge in [0.1, 0.15) is 5.82 Å². The maximum absolute atomic E-state index is 14.1. The first-order valence-corrected chi connectivity index (χ1v) is 10.2. The summed E-state index contributed by atoms with van der Waals surface area (Å²) in [6.45, 7) is 2.12. The van der Waals surface area contributed by atoms with E-state index in [4.69, 9.17) is 14.0 Å². The number of aromatic hydroxyl groups is 1. The van der Waals surface area contributed by atoms with Crippen LogP contribution in [0.15, 0.2) is 52.7 Å². The number of methoxy groups -OCH3 is 2. The van der Waals surface area contributed by atoms with Crippen LogP contribution in [0.5, 0.6) is 17.2 Å². The molecule has 2 aromatic carbocycles. The number of rotatable bonds is 7. The highest BCUT2D eigenvalue weighted by molar-refractivity contribution is 6.08.